The molecule has 0 radical (unpaired) electrons. The van der Waals surface area contributed by atoms with E-state index in [0.717, 1.165) is 5.01 Å². The number of methoxy groups -OCH3 is 2. The van der Waals surface area contributed by atoms with E-state index in [-0.39, 0.29) is 35.0 Å². The van der Waals surface area contributed by atoms with Gasteiger partial charge in [0.15, 0.2) is 0 Å². The topological polar surface area (TPSA) is 125 Å². The number of hydrogen-bond acceptors (Lipinski definition) is 11. The fourth-order valence-corrected chi connectivity index (χ4v) is 5.65. The second-order valence-electron chi connectivity index (χ2n) is 8.69. The lowest BCUT2D eigenvalue weighted by atomic mass is 10.1. The van der Waals surface area contributed by atoms with Crippen LogP contribution in [0.2, 0.25) is 10.0 Å². The van der Waals surface area contributed by atoms with Crippen LogP contribution >= 0.6 is 34.5 Å². The van der Waals surface area contributed by atoms with E-state index in [0.29, 0.717) is 39.9 Å². The van der Waals surface area contributed by atoms with Crippen molar-refractivity contribution in [2.24, 2.45) is 0 Å². The highest BCUT2D eigenvalue weighted by Crippen LogP contribution is 2.48. The second kappa shape index (κ2) is 12.2. The summed E-state index contributed by atoms with van der Waals surface area (Å²) in [7, 11) is 2.97. The van der Waals surface area contributed by atoms with Gasteiger partial charge >= 0.3 is 0 Å². The average Bonchev–Trinajstić information content (AvgIpc) is 3.50. The van der Waals surface area contributed by atoms with Crippen LogP contribution in [0.25, 0.3) is 0 Å². The van der Waals surface area contributed by atoms with Gasteiger partial charge in [-0.1, -0.05) is 41.9 Å². The normalized spacial score (nSPS) is 14.3. The molecule has 0 fully saturated rings. The van der Waals surface area contributed by atoms with Gasteiger partial charge < -0.3 is 35.0 Å². The van der Waals surface area contributed by atoms with Crippen LogP contribution in [0.15, 0.2) is 60.8 Å². The molecule has 14 heteroatoms. The van der Waals surface area contributed by atoms with Crippen LogP contribution in [-0.4, -0.2) is 46.5 Å². The number of nitrogens with one attached hydrogen (secondary N) is 2. The first-order valence-electron chi connectivity index (χ1n) is 12.2. The maximum Gasteiger partial charge on any atom is 0.247 e. The summed E-state index contributed by atoms with van der Waals surface area (Å²) in [6.45, 7) is 3.91. The van der Waals surface area contributed by atoms with Gasteiger partial charge in [0.05, 0.1) is 44.4 Å². The highest BCUT2D eigenvalue weighted by atomic mass is 35.5. The van der Waals surface area contributed by atoms with Crippen molar-refractivity contribution in [2.75, 3.05) is 34.7 Å². The Morgan fingerprint density at radius 3 is 2.54 bits per heavy atom. The molecule has 1 aliphatic heterocycles. The van der Waals surface area contributed by atoms with Gasteiger partial charge in [0.2, 0.25) is 18.2 Å². The minimum atomic E-state index is -1.25. The molecule has 2 aromatic heterocycles. The van der Waals surface area contributed by atoms with E-state index in [1.54, 1.807) is 46.5 Å². The predicted octanol–water partition coefficient (Wildman–Crippen LogP) is 5.43. The fourth-order valence-electron chi connectivity index (χ4n) is 4.32. The van der Waals surface area contributed by atoms with Crippen LogP contribution in [0, 0.1) is 0 Å². The number of amides is 1. The third kappa shape index (κ3) is 5.72. The molecule has 0 aliphatic carbocycles. The molecule has 0 saturated heterocycles. The molecule has 0 saturated carbocycles. The van der Waals surface area contributed by atoms with Crippen molar-refractivity contribution in [2.45, 2.75) is 19.4 Å². The van der Waals surface area contributed by atoms with Crippen molar-refractivity contribution in [1.82, 2.24) is 15.0 Å². The Morgan fingerprint density at radius 2 is 1.90 bits per heavy atom. The van der Waals surface area contributed by atoms with E-state index in [2.05, 4.69) is 27.2 Å². The summed E-state index contributed by atoms with van der Waals surface area (Å²) in [4.78, 5) is 28.9. The SMILES string of the molecule is C=CC(=O)Nc1ccccc1Nc1ncc2c(n1)N(Cc1nccs1)C(O)N(c1c(Cl)c(OC)cc(OC)c1Cl)C2. The largest absolute Gasteiger partial charge is 0.495 e. The van der Waals surface area contributed by atoms with E-state index >= 15 is 0 Å². The van der Waals surface area contributed by atoms with Crippen molar-refractivity contribution in [3.05, 3.63) is 81.4 Å². The number of benzene rings is 2. The van der Waals surface area contributed by atoms with Crippen LogP contribution in [0.4, 0.5) is 28.8 Å². The number of aliphatic hydroxyl groups is 1. The molecular weight excluding hydrogens is 589 g/mol. The summed E-state index contributed by atoms with van der Waals surface area (Å²) in [6, 6.07) is 8.72. The molecular formula is C27H25Cl2N7O4S. The number of rotatable bonds is 9. The molecule has 0 bridgehead atoms. The highest BCUT2D eigenvalue weighted by Gasteiger charge is 2.37. The van der Waals surface area contributed by atoms with Gasteiger partial charge in [-0.05, 0) is 18.2 Å². The maximum atomic E-state index is 11.9. The minimum Gasteiger partial charge on any atom is -0.495 e. The summed E-state index contributed by atoms with van der Waals surface area (Å²) >= 11 is 14.9. The van der Waals surface area contributed by atoms with Crippen molar-refractivity contribution >= 4 is 69.3 Å². The first-order valence-corrected chi connectivity index (χ1v) is 13.8. The van der Waals surface area contributed by atoms with Gasteiger partial charge in [0.25, 0.3) is 0 Å². The lowest BCUT2D eigenvalue weighted by molar-refractivity contribution is -0.111. The predicted molar refractivity (Wildman–Crippen MR) is 161 cm³/mol. The second-order valence-corrected chi connectivity index (χ2v) is 10.4. The van der Waals surface area contributed by atoms with E-state index in [1.807, 2.05) is 11.4 Å². The first kappa shape index (κ1) is 28.4. The number of para-hydroxylation sites is 2. The van der Waals surface area contributed by atoms with Crippen molar-refractivity contribution in [1.29, 1.82) is 0 Å². The standard InChI is InChI=1S/C27H25Cl2N7O4S/c1-4-20(37)32-16-7-5-6-8-17(16)33-26-31-12-15-13-35(24-22(28)18(39-2)11-19(40-3)23(24)29)27(38)36(25(15)34-26)14-21-30-9-10-41-21/h4-12,27,38H,1,13-14H2,2-3H3,(H,32,37)(H,31,33,34). The number of anilines is 5. The number of aromatic nitrogens is 3. The molecule has 5 rings (SSSR count). The Hall–Kier alpha value is -4.10. The number of ether oxygens (including phenoxy) is 2. The summed E-state index contributed by atoms with van der Waals surface area (Å²) in [5.41, 5.74) is 2.13. The van der Waals surface area contributed by atoms with Crippen LogP contribution in [0.3, 0.4) is 0 Å². The molecule has 3 heterocycles. The van der Waals surface area contributed by atoms with E-state index in [4.69, 9.17) is 37.7 Å². The zero-order valence-electron chi connectivity index (χ0n) is 22.0. The quantitative estimate of drug-likeness (QED) is 0.210. The monoisotopic (exact) mass is 613 g/mol. The van der Waals surface area contributed by atoms with Crippen molar-refractivity contribution < 1.29 is 19.4 Å². The van der Waals surface area contributed by atoms with Gasteiger partial charge in [0, 0.05) is 29.4 Å². The number of thiazole rings is 1. The first-order chi connectivity index (χ1) is 19.8. The summed E-state index contributed by atoms with van der Waals surface area (Å²) in [6.07, 6.45) is 3.28. The Bertz CT molecular complexity index is 1560. The summed E-state index contributed by atoms with van der Waals surface area (Å²) < 4.78 is 10.9. The number of nitrogens with zero attached hydrogens (tertiary/aromatic N) is 5. The number of aliphatic hydroxyl groups excluding tert-OH is 1. The maximum absolute atomic E-state index is 11.9. The summed E-state index contributed by atoms with van der Waals surface area (Å²) in [5, 5.41) is 20.7. The van der Waals surface area contributed by atoms with Gasteiger partial charge in [-0.25, -0.2) is 9.97 Å². The third-order valence-corrected chi connectivity index (χ3v) is 7.75. The van der Waals surface area contributed by atoms with Crippen LogP contribution < -0.4 is 29.9 Å². The molecule has 0 spiro atoms. The molecule has 1 aliphatic rings. The molecule has 2 aromatic carbocycles. The lowest BCUT2D eigenvalue weighted by Crippen LogP contribution is -2.52. The van der Waals surface area contributed by atoms with Crippen LogP contribution in [0.5, 0.6) is 11.5 Å². The van der Waals surface area contributed by atoms with Gasteiger partial charge in [-0.15, -0.1) is 11.3 Å². The Labute approximate surface area is 250 Å². The van der Waals surface area contributed by atoms with E-state index in [9.17, 15) is 9.90 Å². The molecule has 3 N–H and O–H groups in total. The molecule has 41 heavy (non-hydrogen) atoms. The van der Waals surface area contributed by atoms with Gasteiger partial charge in [-0.3, -0.25) is 4.79 Å². The number of carbonyl (C=O) groups is 1. The van der Waals surface area contributed by atoms with E-state index in [1.165, 1.54) is 31.6 Å². The third-order valence-electron chi connectivity index (χ3n) is 6.26. The zero-order chi connectivity index (χ0) is 29.1. The Balaban J connectivity index is 1.56. The zero-order valence-corrected chi connectivity index (χ0v) is 24.3. The number of hydrogen-bond donors (Lipinski definition) is 3. The molecule has 11 nitrogen and oxygen atoms in total. The molecule has 1 amide bonds. The van der Waals surface area contributed by atoms with Gasteiger partial charge in [-0.2, -0.15) is 4.98 Å². The molecule has 1 atom stereocenters. The van der Waals surface area contributed by atoms with Crippen LogP contribution in [-0.2, 0) is 17.9 Å². The number of fused-ring (bicyclic) bond motifs is 1. The van der Waals surface area contributed by atoms with E-state index < -0.39 is 6.35 Å². The van der Waals surface area contributed by atoms with Crippen molar-refractivity contribution in [3.8, 4) is 11.5 Å². The molecule has 1 unspecified atom stereocenters. The number of halogens is 2. The smallest absolute Gasteiger partial charge is 0.247 e. The minimum absolute atomic E-state index is 0.174. The van der Waals surface area contributed by atoms with Crippen molar-refractivity contribution in [3.63, 3.8) is 0 Å². The van der Waals surface area contributed by atoms with Crippen LogP contribution in [0.1, 0.15) is 10.6 Å². The molecule has 4 aromatic rings. The summed E-state index contributed by atoms with van der Waals surface area (Å²) in [5.74, 6) is 1.06. The van der Waals surface area contributed by atoms with Gasteiger partial charge in [0.1, 0.15) is 32.4 Å². The molecule has 212 valence electrons. The lowest BCUT2D eigenvalue weighted by Gasteiger charge is -2.43. The fraction of sp³-hybridized carbons (Fsp3) is 0.185. The Morgan fingerprint density at radius 1 is 1.20 bits per heavy atom. The number of carbonyl (C=O) groups excluding carboxylic acids is 1. The average molecular weight is 615 g/mol. The Kier molecular flexibility index (Phi) is 8.45. The highest BCUT2D eigenvalue weighted by molar-refractivity contribution is 7.09.